The molecule has 2 aromatic rings. The molecule has 0 aliphatic carbocycles. The zero-order chi connectivity index (χ0) is 21.3. The molecule has 0 saturated carbocycles. The fraction of sp³-hybridized carbons (Fsp3) is 0.227. The van der Waals surface area contributed by atoms with Gasteiger partial charge in [-0.25, -0.2) is 4.79 Å². The normalized spacial score (nSPS) is 12.3. The largest absolute Gasteiger partial charge is 0.486 e. The number of carbonyl (C=O) groups is 2. The Kier molecular flexibility index (Phi) is 7.30. The van der Waals surface area contributed by atoms with E-state index in [1.165, 1.54) is 11.0 Å². The second kappa shape index (κ2) is 10.3. The number of hydrogen-bond acceptors (Lipinski definition) is 6. The minimum Gasteiger partial charge on any atom is -0.486 e. The molecular formula is C22H19ClN2O5. The van der Waals surface area contributed by atoms with Gasteiger partial charge in [0.25, 0.3) is 5.91 Å². The Morgan fingerprint density at radius 2 is 1.87 bits per heavy atom. The van der Waals surface area contributed by atoms with E-state index in [2.05, 4.69) is 0 Å². The first-order valence-electron chi connectivity index (χ1n) is 9.24. The lowest BCUT2D eigenvalue weighted by molar-refractivity contribution is -0.142. The number of nitriles is 1. The summed E-state index contributed by atoms with van der Waals surface area (Å²) in [6.07, 6.45) is 2.93. The number of rotatable bonds is 7. The Bertz CT molecular complexity index is 982. The van der Waals surface area contributed by atoms with Crippen molar-refractivity contribution in [1.29, 1.82) is 5.26 Å². The molecule has 0 radical (unpaired) electrons. The Balaban J connectivity index is 1.63. The second-order valence-electron chi connectivity index (χ2n) is 6.27. The van der Waals surface area contributed by atoms with Crippen LogP contribution in [0.15, 0.2) is 48.5 Å². The van der Waals surface area contributed by atoms with Crippen LogP contribution in [0.3, 0.4) is 0 Å². The number of hydrogen-bond donors (Lipinski definition) is 0. The molecule has 7 nitrogen and oxygen atoms in total. The number of nitrogens with zero attached hydrogens (tertiary/aromatic N) is 2. The van der Waals surface area contributed by atoms with Crippen LogP contribution in [0.25, 0.3) is 6.08 Å². The molecule has 2 aromatic carbocycles. The van der Waals surface area contributed by atoms with Gasteiger partial charge in [0, 0.05) is 29.4 Å². The Labute approximate surface area is 179 Å². The highest BCUT2D eigenvalue weighted by molar-refractivity contribution is 6.30. The summed E-state index contributed by atoms with van der Waals surface area (Å²) in [5.74, 6) is 0.0173. The number of halogens is 1. The van der Waals surface area contributed by atoms with Gasteiger partial charge in [-0.1, -0.05) is 23.7 Å². The fourth-order valence-electron chi connectivity index (χ4n) is 2.76. The van der Waals surface area contributed by atoms with Gasteiger partial charge in [-0.15, -0.1) is 0 Å². The minimum absolute atomic E-state index is 0.130. The lowest BCUT2D eigenvalue weighted by atomic mass is 10.2. The second-order valence-corrected chi connectivity index (χ2v) is 6.71. The zero-order valence-corrected chi connectivity index (χ0v) is 16.8. The monoisotopic (exact) mass is 426 g/mol. The van der Waals surface area contributed by atoms with Gasteiger partial charge in [-0.2, -0.15) is 5.26 Å². The van der Waals surface area contributed by atoms with Gasteiger partial charge in [0.15, 0.2) is 18.1 Å². The smallest absolute Gasteiger partial charge is 0.331 e. The lowest BCUT2D eigenvalue weighted by Crippen LogP contribution is -2.35. The van der Waals surface area contributed by atoms with Gasteiger partial charge in [0.1, 0.15) is 13.2 Å². The van der Waals surface area contributed by atoms with E-state index in [9.17, 15) is 9.59 Å². The maximum atomic E-state index is 12.7. The Morgan fingerprint density at radius 3 is 2.60 bits per heavy atom. The van der Waals surface area contributed by atoms with E-state index in [-0.39, 0.29) is 13.0 Å². The predicted molar refractivity (Wildman–Crippen MR) is 111 cm³/mol. The molecule has 154 valence electrons. The SMILES string of the molecule is N#CCCN(C(=O)COC(=O)/C=C/c1ccc(Cl)cc1)c1ccc2c(c1)OCCO2. The number of carbonyl (C=O) groups excluding carboxylic acids is 2. The average Bonchev–Trinajstić information content (AvgIpc) is 2.77. The van der Waals surface area contributed by atoms with Gasteiger partial charge in [0.05, 0.1) is 12.5 Å². The number of esters is 1. The molecule has 1 aliphatic heterocycles. The van der Waals surface area contributed by atoms with E-state index < -0.39 is 18.5 Å². The van der Waals surface area contributed by atoms with Crippen molar-refractivity contribution in [2.24, 2.45) is 0 Å². The third kappa shape index (κ3) is 5.75. The van der Waals surface area contributed by atoms with Crippen molar-refractivity contribution in [3.8, 4) is 17.6 Å². The quantitative estimate of drug-likeness (QED) is 0.496. The van der Waals surface area contributed by atoms with E-state index >= 15 is 0 Å². The number of ether oxygens (including phenoxy) is 3. The molecule has 1 amide bonds. The lowest BCUT2D eigenvalue weighted by Gasteiger charge is -2.24. The summed E-state index contributed by atoms with van der Waals surface area (Å²) in [5, 5.41) is 9.51. The van der Waals surface area contributed by atoms with E-state index in [0.29, 0.717) is 35.4 Å². The molecule has 0 saturated heterocycles. The van der Waals surface area contributed by atoms with E-state index in [1.807, 2.05) is 6.07 Å². The van der Waals surface area contributed by atoms with E-state index in [0.717, 1.165) is 5.56 Å². The maximum Gasteiger partial charge on any atom is 0.331 e. The molecule has 1 aliphatic rings. The fourth-order valence-corrected chi connectivity index (χ4v) is 2.88. The number of anilines is 1. The van der Waals surface area contributed by atoms with Gasteiger partial charge in [-0.05, 0) is 35.9 Å². The summed E-state index contributed by atoms with van der Waals surface area (Å²) >= 11 is 5.82. The minimum atomic E-state index is -0.652. The molecule has 30 heavy (non-hydrogen) atoms. The molecule has 0 atom stereocenters. The van der Waals surface area contributed by atoms with Crippen molar-refractivity contribution in [2.75, 3.05) is 31.3 Å². The maximum absolute atomic E-state index is 12.7. The van der Waals surface area contributed by atoms with Crippen molar-refractivity contribution in [3.63, 3.8) is 0 Å². The summed E-state index contributed by atoms with van der Waals surface area (Å²) < 4.78 is 16.1. The third-order valence-corrected chi connectivity index (χ3v) is 4.46. The molecule has 1 heterocycles. The van der Waals surface area contributed by atoms with Crippen molar-refractivity contribution in [2.45, 2.75) is 6.42 Å². The number of benzene rings is 2. The van der Waals surface area contributed by atoms with Crippen LogP contribution in [0, 0.1) is 11.3 Å². The highest BCUT2D eigenvalue weighted by atomic mass is 35.5. The molecular weight excluding hydrogens is 408 g/mol. The summed E-state index contributed by atoms with van der Waals surface area (Å²) in [6.45, 7) is 0.583. The van der Waals surface area contributed by atoms with Gasteiger partial charge >= 0.3 is 5.97 Å². The zero-order valence-electron chi connectivity index (χ0n) is 16.0. The van der Waals surface area contributed by atoms with E-state index in [1.54, 1.807) is 48.5 Å². The van der Waals surface area contributed by atoms with Crippen LogP contribution in [-0.4, -0.2) is 38.2 Å². The van der Waals surface area contributed by atoms with Crippen molar-refractivity contribution >= 4 is 35.2 Å². The Morgan fingerprint density at radius 1 is 1.13 bits per heavy atom. The molecule has 8 heteroatoms. The summed E-state index contributed by atoms with van der Waals surface area (Å²) in [4.78, 5) is 26.0. The van der Waals surface area contributed by atoms with Crippen LogP contribution in [0.1, 0.15) is 12.0 Å². The molecule has 0 N–H and O–H groups in total. The topological polar surface area (TPSA) is 88.9 Å². The molecule has 0 fully saturated rings. The van der Waals surface area contributed by atoms with Crippen molar-refractivity contribution < 1.29 is 23.8 Å². The molecule has 0 unspecified atom stereocenters. The summed E-state index contributed by atoms with van der Waals surface area (Å²) in [7, 11) is 0. The Hall–Kier alpha value is -3.50. The first-order chi connectivity index (χ1) is 14.6. The average molecular weight is 427 g/mol. The first-order valence-corrected chi connectivity index (χ1v) is 9.62. The summed E-state index contributed by atoms with van der Waals surface area (Å²) in [5.41, 5.74) is 1.31. The number of amides is 1. The van der Waals surface area contributed by atoms with Crippen molar-refractivity contribution in [3.05, 3.63) is 59.1 Å². The van der Waals surface area contributed by atoms with Gasteiger partial charge < -0.3 is 19.1 Å². The molecule has 3 rings (SSSR count). The van der Waals surface area contributed by atoms with Crippen LogP contribution >= 0.6 is 11.6 Å². The van der Waals surface area contributed by atoms with Crippen LogP contribution in [0.5, 0.6) is 11.5 Å². The van der Waals surface area contributed by atoms with Gasteiger partial charge in [-0.3, -0.25) is 4.79 Å². The van der Waals surface area contributed by atoms with Gasteiger partial charge in [0.2, 0.25) is 0 Å². The highest BCUT2D eigenvalue weighted by Crippen LogP contribution is 2.34. The predicted octanol–water partition coefficient (Wildman–Crippen LogP) is 3.61. The molecule has 0 spiro atoms. The van der Waals surface area contributed by atoms with Crippen molar-refractivity contribution in [1.82, 2.24) is 0 Å². The van der Waals surface area contributed by atoms with E-state index in [4.69, 9.17) is 31.1 Å². The van der Waals surface area contributed by atoms with Crippen LogP contribution in [0.2, 0.25) is 5.02 Å². The summed E-state index contributed by atoms with van der Waals surface area (Å²) in [6, 6.07) is 14.0. The highest BCUT2D eigenvalue weighted by Gasteiger charge is 2.20. The first kappa shape index (κ1) is 21.2. The van der Waals surface area contributed by atoms with Crippen LogP contribution in [-0.2, 0) is 14.3 Å². The third-order valence-electron chi connectivity index (χ3n) is 4.21. The van der Waals surface area contributed by atoms with Crippen LogP contribution < -0.4 is 14.4 Å². The number of fused-ring (bicyclic) bond motifs is 1. The van der Waals surface area contributed by atoms with Crippen LogP contribution in [0.4, 0.5) is 5.69 Å². The standard InChI is InChI=1S/C22H19ClN2O5/c23-17-5-2-16(3-6-17)4-9-22(27)30-15-21(26)25(11-1-10-24)18-7-8-19-20(14-18)29-13-12-28-19/h2-9,14H,1,11-13,15H2/b9-4+. The molecule has 0 aromatic heterocycles. The molecule has 0 bridgehead atoms.